The number of aromatic nitrogens is 3. The maximum atomic E-state index is 13.3. The van der Waals surface area contributed by atoms with Gasteiger partial charge < -0.3 is 9.64 Å². The molecule has 3 heterocycles. The van der Waals surface area contributed by atoms with Gasteiger partial charge in [0.25, 0.3) is 0 Å². The first-order valence-corrected chi connectivity index (χ1v) is 9.66. The van der Waals surface area contributed by atoms with Gasteiger partial charge in [0.05, 0.1) is 12.3 Å². The highest BCUT2D eigenvalue weighted by Crippen LogP contribution is 2.27. The van der Waals surface area contributed by atoms with E-state index < -0.39 is 0 Å². The summed E-state index contributed by atoms with van der Waals surface area (Å²) in [5.74, 6) is 0.853. The van der Waals surface area contributed by atoms with E-state index in [9.17, 15) is 4.39 Å². The van der Waals surface area contributed by atoms with Crippen molar-refractivity contribution in [3.63, 3.8) is 0 Å². The third-order valence-electron chi connectivity index (χ3n) is 5.48. The van der Waals surface area contributed by atoms with Crippen molar-refractivity contribution in [1.29, 1.82) is 0 Å². The third-order valence-corrected chi connectivity index (χ3v) is 5.48. The van der Waals surface area contributed by atoms with Gasteiger partial charge >= 0.3 is 0 Å². The maximum Gasteiger partial charge on any atom is 0.158 e. The summed E-state index contributed by atoms with van der Waals surface area (Å²) in [7, 11) is 1.74. The molecule has 1 fully saturated rings. The van der Waals surface area contributed by atoms with Gasteiger partial charge in [-0.05, 0) is 38.1 Å². The molecule has 1 saturated heterocycles. The van der Waals surface area contributed by atoms with Gasteiger partial charge in [0.2, 0.25) is 0 Å². The fraction of sp³-hybridized carbons (Fsp3) is 0.429. The van der Waals surface area contributed by atoms with E-state index in [2.05, 4.69) is 16.7 Å². The molecule has 1 aliphatic rings. The molecule has 0 bridgehead atoms. The van der Waals surface area contributed by atoms with Gasteiger partial charge in [-0.3, -0.25) is 4.90 Å². The Bertz CT molecular complexity index is 961. The summed E-state index contributed by atoms with van der Waals surface area (Å²) in [6.45, 7) is 9.74. The van der Waals surface area contributed by atoms with E-state index in [1.807, 2.05) is 17.5 Å². The highest BCUT2D eigenvalue weighted by molar-refractivity contribution is 5.67. The van der Waals surface area contributed by atoms with Gasteiger partial charge in [0.1, 0.15) is 11.6 Å². The maximum absolute atomic E-state index is 13.3. The summed E-state index contributed by atoms with van der Waals surface area (Å²) in [6, 6.07) is 8.40. The number of aryl methyl sites for hydroxylation is 1. The lowest BCUT2D eigenvalue weighted by molar-refractivity contribution is 0.144. The number of rotatable bonds is 5. The van der Waals surface area contributed by atoms with Crippen LogP contribution in [0.15, 0.2) is 30.3 Å². The molecule has 2 aromatic heterocycles. The summed E-state index contributed by atoms with van der Waals surface area (Å²) >= 11 is 0. The molecule has 0 spiro atoms. The third kappa shape index (κ3) is 3.59. The molecule has 3 aromatic rings. The van der Waals surface area contributed by atoms with E-state index in [1.165, 1.54) is 12.1 Å². The Labute approximate surface area is 164 Å². The molecule has 0 amide bonds. The van der Waals surface area contributed by atoms with Crippen molar-refractivity contribution in [1.82, 2.24) is 19.5 Å². The second-order valence-corrected chi connectivity index (χ2v) is 7.27. The predicted molar refractivity (Wildman–Crippen MR) is 108 cm³/mol. The summed E-state index contributed by atoms with van der Waals surface area (Å²) in [6.07, 6.45) is 0. The topological polar surface area (TPSA) is 45.9 Å². The van der Waals surface area contributed by atoms with Crippen LogP contribution in [0.3, 0.4) is 0 Å². The molecule has 0 saturated carbocycles. The minimum Gasteiger partial charge on any atom is -0.383 e. The number of ether oxygens (including phenoxy) is 1. The number of anilines is 1. The standard InChI is InChI=1S/C21H26FN5O/c1-15-16(2)23-20-14-19(17-4-6-18(22)7-5-17)24-27(20)21(15)26-10-8-25(9-11-26)12-13-28-3/h4-7,14H,8-13H2,1-3H3. The van der Waals surface area contributed by atoms with Gasteiger partial charge in [0, 0.05) is 62.7 Å². The first kappa shape index (κ1) is 18.8. The zero-order valence-corrected chi connectivity index (χ0v) is 16.7. The van der Waals surface area contributed by atoms with Gasteiger partial charge in [-0.15, -0.1) is 0 Å². The number of piperazine rings is 1. The van der Waals surface area contributed by atoms with Crippen molar-refractivity contribution in [2.75, 3.05) is 51.3 Å². The first-order valence-electron chi connectivity index (χ1n) is 9.66. The molecule has 0 atom stereocenters. The summed E-state index contributed by atoms with van der Waals surface area (Å²) < 4.78 is 20.4. The van der Waals surface area contributed by atoms with Crippen LogP contribution in [0, 0.1) is 19.7 Å². The Morgan fingerprint density at radius 2 is 1.79 bits per heavy atom. The molecular formula is C21H26FN5O. The molecule has 28 heavy (non-hydrogen) atoms. The van der Waals surface area contributed by atoms with Crippen LogP contribution in [-0.2, 0) is 4.74 Å². The Balaban J connectivity index is 1.68. The zero-order chi connectivity index (χ0) is 19.7. The van der Waals surface area contributed by atoms with E-state index in [0.29, 0.717) is 0 Å². The van der Waals surface area contributed by atoms with E-state index in [4.69, 9.17) is 14.8 Å². The lowest BCUT2D eigenvalue weighted by Gasteiger charge is -2.36. The summed E-state index contributed by atoms with van der Waals surface area (Å²) in [5.41, 5.74) is 4.66. The second kappa shape index (κ2) is 7.85. The highest BCUT2D eigenvalue weighted by Gasteiger charge is 2.23. The molecule has 0 radical (unpaired) electrons. The molecule has 0 N–H and O–H groups in total. The number of benzene rings is 1. The highest BCUT2D eigenvalue weighted by atomic mass is 19.1. The van der Waals surface area contributed by atoms with Crippen molar-refractivity contribution in [2.24, 2.45) is 0 Å². The number of nitrogens with zero attached hydrogens (tertiary/aromatic N) is 5. The summed E-state index contributed by atoms with van der Waals surface area (Å²) in [5, 5.41) is 4.81. The molecular weight excluding hydrogens is 357 g/mol. The SMILES string of the molecule is COCCN1CCN(c2c(C)c(C)nc3cc(-c4ccc(F)cc4)nn23)CC1. The smallest absolute Gasteiger partial charge is 0.158 e. The van der Waals surface area contributed by atoms with E-state index in [1.54, 1.807) is 19.2 Å². The Hall–Kier alpha value is -2.51. The van der Waals surface area contributed by atoms with Crippen LogP contribution in [0.25, 0.3) is 16.9 Å². The second-order valence-electron chi connectivity index (χ2n) is 7.27. The van der Waals surface area contributed by atoms with Crippen molar-refractivity contribution < 1.29 is 9.13 Å². The van der Waals surface area contributed by atoms with Crippen LogP contribution in [0.5, 0.6) is 0 Å². The lowest BCUT2D eigenvalue weighted by atomic mass is 10.1. The van der Waals surface area contributed by atoms with Gasteiger partial charge in [0.15, 0.2) is 5.65 Å². The van der Waals surface area contributed by atoms with E-state index in [-0.39, 0.29) is 5.82 Å². The van der Waals surface area contributed by atoms with Crippen LogP contribution < -0.4 is 4.90 Å². The number of hydrogen-bond donors (Lipinski definition) is 0. The van der Waals surface area contributed by atoms with Gasteiger partial charge in [-0.2, -0.15) is 9.61 Å². The van der Waals surface area contributed by atoms with Crippen molar-refractivity contribution >= 4 is 11.5 Å². The van der Waals surface area contributed by atoms with Crippen LogP contribution in [-0.4, -0.2) is 65.9 Å². The van der Waals surface area contributed by atoms with Crippen LogP contribution in [0.1, 0.15) is 11.3 Å². The first-order chi connectivity index (χ1) is 13.6. The predicted octanol–water partition coefficient (Wildman–Crippen LogP) is 2.92. The summed E-state index contributed by atoms with van der Waals surface area (Å²) in [4.78, 5) is 9.54. The van der Waals surface area contributed by atoms with Crippen molar-refractivity contribution in [3.05, 3.63) is 47.4 Å². The zero-order valence-electron chi connectivity index (χ0n) is 16.7. The monoisotopic (exact) mass is 383 g/mol. The molecule has 6 nitrogen and oxygen atoms in total. The van der Waals surface area contributed by atoms with Crippen molar-refractivity contribution in [3.8, 4) is 11.3 Å². The Morgan fingerprint density at radius 1 is 1.07 bits per heavy atom. The largest absolute Gasteiger partial charge is 0.383 e. The van der Waals surface area contributed by atoms with Crippen LogP contribution >= 0.6 is 0 Å². The quantitative estimate of drug-likeness (QED) is 0.678. The lowest BCUT2D eigenvalue weighted by Crippen LogP contribution is -2.48. The molecule has 148 valence electrons. The molecule has 7 heteroatoms. The van der Waals surface area contributed by atoms with Gasteiger partial charge in [-0.1, -0.05) is 0 Å². The fourth-order valence-electron chi connectivity index (χ4n) is 3.72. The molecule has 4 rings (SSSR count). The van der Waals surface area contributed by atoms with Crippen molar-refractivity contribution in [2.45, 2.75) is 13.8 Å². The molecule has 0 aliphatic carbocycles. The number of methoxy groups -OCH3 is 1. The molecule has 1 aliphatic heterocycles. The fourth-order valence-corrected chi connectivity index (χ4v) is 3.72. The Kier molecular flexibility index (Phi) is 5.28. The molecule has 0 unspecified atom stereocenters. The number of fused-ring (bicyclic) bond motifs is 1. The van der Waals surface area contributed by atoms with Gasteiger partial charge in [-0.25, -0.2) is 9.37 Å². The Morgan fingerprint density at radius 3 is 2.46 bits per heavy atom. The average molecular weight is 383 g/mol. The van der Waals surface area contributed by atoms with Crippen LogP contribution in [0.2, 0.25) is 0 Å². The van der Waals surface area contributed by atoms with E-state index >= 15 is 0 Å². The number of halogens is 1. The van der Waals surface area contributed by atoms with E-state index in [0.717, 1.165) is 73.3 Å². The molecule has 1 aromatic carbocycles. The average Bonchev–Trinajstić information content (AvgIpc) is 3.11. The minimum atomic E-state index is -0.246. The normalized spacial score (nSPS) is 15.5. The number of hydrogen-bond acceptors (Lipinski definition) is 5. The van der Waals surface area contributed by atoms with Crippen LogP contribution in [0.4, 0.5) is 10.2 Å². The minimum absolute atomic E-state index is 0.246.